The summed E-state index contributed by atoms with van der Waals surface area (Å²) in [5.41, 5.74) is 0.293. The van der Waals surface area contributed by atoms with Crippen LogP contribution in [-0.2, 0) is 18.9 Å². The first-order valence-corrected chi connectivity index (χ1v) is 10.1. The van der Waals surface area contributed by atoms with Gasteiger partial charge in [0.1, 0.15) is 11.5 Å². The lowest BCUT2D eigenvalue weighted by Gasteiger charge is -2.26. The van der Waals surface area contributed by atoms with Gasteiger partial charge in [0.05, 0.1) is 24.4 Å². The predicted molar refractivity (Wildman–Crippen MR) is 111 cm³/mol. The van der Waals surface area contributed by atoms with Crippen LogP contribution in [0, 0.1) is 11.6 Å². The summed E-state index contributed by atoms with van der Waals surface area (Å²) >= 11 is 0. The predicted octanol–water partition coefficient (Wildman–Crippen LogP) is 2.23. The molecule has 1 N–H and O–H groups in total. The minimum Gasteiger partial charge on any atom is -0.354 e. The van der Waals surface area contributed by atoms with Gasteiger partial charge in [-0.2, -0.15) is 4.80 Å². The molecule has 0 aromatic carbocycles. The second-order valence-electron chi connectivity index (χ2n) is 7.55. The van der Waals surface area contributed by atoms with Gasteiger partial charge in [0.15, 0.2) is 23.1 Å². The van der Waals surface area contributed by atoms with Crippen molar-refractivity contribution in [2.45, 2.75) is 25.7 Å². The van der Waals surface area contributed by atoms with E-state index in [0.717, 1.165) is 18.3 Å². The van der Waals surface area contributed by atoms with Gasteiger partial charge in [0.25, 0.3) is 5.91 Å². The van der Waals surface area contributed by atoms with Crippen molar-refractivity contribution < 1.29 is 18.1 Å². The van der Waals surface area contributed by atoms with Crippen molar-refractivity contribution in [1.82, 2.24) is 40.6 Å². The van der Waals surface area contributed by atoms with Crippen LogP contribution in [0.5, 0.6) is 0 Å². The number of amides is 1. The number of aromatic nitrogens is 7. The third-order valence-electron chi connectivity index (χ3n) is 5.12. The van der Waals surface area contributed by atoms with Crippen LogP contribution < -0.4 is 5.32 Å². The number of hydrogen-bond acceptors (Lipinski definition) is 8. The standard InChI is InChI=1S/C21H20F2N8O2/c1-4-13-6-5-7-17(26-13)21(2,20-27-30-31(3)28-20)11-25-19(32)15-9-16(33-29-15)18-14(23)8-12(22)10-24-18/h5-10H,4,11H2,1-3H3,(H,25,32). The lowest BCUT2D eigenvalue weighted by atomic mass is 9.85. The summed E-state index contributed by atoms with van der Waals surface area (Å²) in [6.45, 7) is 3.91. The van der Waals surface area contributed by atoms with Crippen molar-refractivity contribution in [3.8, 4) is 11.5 Å². The Hall–Kier alpha value is -4.09. The molecular weight excluding hydrogens is 434 g/mol. The SMILES string of the molecule is CCc1cccc(C(C)(CNC(=O)c2cc(-c3ncc(F)cc3F)on2)c2nnn(C)n2)n1. The van der Waals surface area contributed by atoms with Gasteiger partial charge in [0.2, 0.25) is 0 Å². The van der Waals surface area contributed by atoms with Gasteiger partial charge >= 0.3 is 0 Å². The Labute approximate surface area is 187 Å². The summed E-state index contributed by atoms with van der Waals surface area (Å²) in [5, 5.41) is 18.8. The van der Waals surface area contributed by atoms with Gasteiger partial charge in [-0.25, -0.2) is 13.8 Å². The number of rotatable bonds is 7. The number of carbonyl (C=O) groups is 1. The first-order valence-electron chi connectivity index (χ1n) is 10.1. The number of nitrogens with one attached hydrogen (secondary N) is 1. The van der Waals surface area contributed by atoms with Crippen LogP contribution in [-0.4, -0.2) is 47.8 Å². The van der Waals surface area contributed by atoms with Crippen LogP contribution in [0.25, 0.3) is 11.5 Å². The van der Waals surface area contributed by atoms with E-state index >= 15 is 0 Å². The fraction of sp³-hybridized carbons (Fsp3) is 0.286. The molecule has 0 spiro atoms. The molecule has 4 aromatic rings. The maximum absolute atomic E-state index is 14.0. The van der Waals surface area contributed by atoms with Crippen molar-refractivity contribution in [3.05, 3.63) is 71.1 Å². The minimum absolute atomic E-state index is 0.0725. The number of tetrazole rings is 1. The topological polar surface area (TPSA) is 125 Å². The van der Waals surface area contributed by atoms with Gasteiger partial charge in [-0.1, -0.05) is 18.1 Å². The first-order chi connectivity index (χ1) is 15.8. The second kappa shape index (κ2) is 8.81. The van der Waals surface area contributed by atoms with E-state index in [9.17, 15) is 13.6 Å². The zero-order chi connectivity index (χ0) is 23.6. The molecule has 4 rings (SSSR count). The van der Waals surface area contributed by atoms with Crippen molar-refractivity contribution in [1.29, 1.82) is 0 Å². The van der Waals surface area contributed by atoms with Crippen molar-refractivity contribution in [2.75, 3.05) is 6.54 Å². The average Bonchev–Trinajstić information content (AvgIpc) is 3.47. The van der Waals surface area contributed by atoms with Gasteiger partial charge in [-0.15, -0.1) is 10.2 Å². The molecule has 0 radical (unpaired) electrons. The van der Waals surface area contributed by atoms with Crippen LogP contribution >= 0.6 is 0 Å². The van der Waals surface area contributed by atoms with Gasteiger partial charge in [-0.05, 0) is 30.7 Å². The molecule has 0 fully saturated rings. The number of halogens is 2. The number of pyridine rings is 2. The molecule has 1 amide bonds. The smallest absolute Gasteiger partial charge is 0.273 e. The van der Waals surface area contributed by atoms with Crippen molar-refractivity contribution in [3.63, 3.8) is 0 Å². The summed E-state index contributed by atoms with van der Waals surface area (Å²) in [6, 6.07) is 7.52. The molecule has 1 unspecified atom stereocenters. The second-order valence-corrected chi connectivity index (χ2v) is 7.55. The Bertz CT molecular complexity index is 1300. The number of aryl methyl sites for hydroxylation is 2. The highest BCUT2D eigenvalue weighted by atomic mass is 19.1. The zero-order valence-corrected chi connectivity index (χ0v) is 18.1. The highest BCUT2D eigenvalue weighted by Crippen LogP contribution is 2.28. The molecule has 4 heterocycles. The molecule has 4 aromatic heterocycles. The first kappa shape index (κ1) is 22.1. The van der Waals surface area contributed by atoms with E-state index in [4.69, 9.17) is 4.52 Å². The Balaban J connectivity index is 1.58. The van der Waals surface area contributed by atoms with Crippen molar-refractivity contribution in [2.24, 2.45) is 7.05 Å². The van der Waals surface area contributed by atoms with E-state index in [1.807, 2.05) is 32.0 Å². The van der Waals surface area contributed by atoms with E-state index in [1.165, 1.54) is 10.9 Å². The zero-order valence-electron chi connectivity index (χ0n) is 18.1. The van der Waals surface area contributed by atoms with E-state index in [2.05, 4.69) is 35.9 Å². The van der Waals surface area contributed by atoms with Crippen LogP contribution in [0.4, 0.5) is 8.78 Å². The average molecular weight is 454 g/mol. The molecule has 0 saturated heterocycles. The van der Waals surface area contributed by atoms with Gasteiger partial charge < -0.3 is 9.84 Å². The molecule has 0 bridgehead atoms. The molecule has 12 heteroatoms. The maximum Gasteiger partial charge on any atom is 0.273 e. The monoisotopic (exact) mass is 454 g/mol. The summed E-state index contributed by atoms with van der Waals surface area (Å²) in [4.78, 5) is 22.4. The van der Waals surface area contributed by atoms with E-state index in [0.29, 0.717) is 17.6 Å². The molecule has 10 nitrogen and oxygen atoms in total. The normalized spacial score (nSPS) is 13.0. The summed E-state index contributed by atoms with van der Waals surface area (Å²) in [6.07, 6.45) is 1.58. The summed E-state index contributed by atoms with van der Waals surface area (Å²) in [7, 11) is 1.64. The van der Waals surface area contributed by atoms with Gasteiger partial charge in [-0.3, -0.25) is 9.78 Å². The fourth-order valence-corrected chi connectivity index (χ4v) is 3.21. The third-order valence-corrected chi connectivity index (χ3v) is 5.12. The highest BCUT2D eigenvalue weighted by molar-refractivity contribution is 5.93. The molecule has 0 aliphatic carbocycles. The Morgan fingerprint density at radius 2 is 2.09 bits per heavy atom. The molecule has 0 aliphatic rings. The minimum atomic E-state index is -0.929. The van der Waals surface area contributed by atoms with Gasteiger partial charge in [0, 0.05) is 24.4 Å². The van der Waals surface area contributed by atoms with E-state index in [-0.39, 0.29) is 23.7 Å². The largest absolute Gasteiger partial charge is 0.354 e. The van der Waals surface area contributed by atoms with Crippen molar-refractivity contribution >= 4 is 5.91 Å². The highest BCUT2D eigenvalue weighted by Gasteiger charge is 2.36. The van der Waals surface area contributed by atoms with E-state index < -0.39 is 23.0 Å². The maximum atomic E-state index is 14.0. The molecule has 0 saturated carbocycles. The van der Waals surface area contributed by atoms with Crippen LogP contribution in [0.15, 0.2) is 41.1 Å². The van der Waals surface area contributed by atoms with Crippen LogP contribution in [0.3, 0.4) is 0 Å². The number of nitrogens with zero attached hydrogens (tertiary/aromatic N) is 7. The van der Waals surface area contributed by atoms with Crippen LogP contribution in [0.2, 0.25) is 0 Å². The molecule has 0 aliphatic heterocycles. The molecular formula is C21H20F2N8O2. The number of hydrogen-bond donors (Lipinski definition) is 1. The number of carbonyl (C=O) groups excluding carboxylic acids is 1. The third kappa shape index (κ3) is 4.45. The molecule has 170 valence electrons. The Kier molecular flexibility index (Phi) is 5.90. The molecule has 33 heavy (non-hydrogen) atoms. The quantitative estimate of drug-likeness (QED) is 0.451. The Morgan fingerprint density at radius 3 is 2.79 bits per heavy atom. The lowest BCUT2D eigenvalue weighted by molar-refractivity contribution is 0.0937. The summed E-state index contributed by atoms with van der Waals surface area (Å²) in [5.74, 6) is -2.06. The molecule has 1 atom stereocenters. The lowest BCUT2D eigenvalue weighted by Crippen LogP contribution is -2.41. The van der Waals surface area contributed by atoms with E-state index in [1.54, 1.807) is 7.05 Å². The Morgan fingerprint density at radius 1 is 1.27 bits per heavy atom. The van der Waals surface area contributed by atoms with Crippen LogP contribution in [0.1, 0.15) is 41.5 Å². The summed E-state index contributed by atoms with van der Waals surface area (Å²) < 4.78 is 32.1. The fourth-order valence-electron chi connectivity index (χ4n) is 3.21.